The molecule has 0 amide bonds. The topological polar surface area (TPSA) is 50.7 Å². The summed E-state index contributed by atoms with van der Waals surface area (Å²) >= 11 is 0. The molecular weight excluding hydrogens is 316 g/mol. The normalized spacial score (nSPS) is 28.6. The summed E-state index contributed by atoms with van der Waals surface area (Å²) in [5, 5.41) is 0. The number of ether oxygens (including phenoxy) is 2. The van der Waals surface area contributed by atoms with Crippen LogP contribution in [0.4, 0.5) is 5.82 Å². The Labute approximate surface area is 150 Å². The van der Waals surface area contributed by atoms with E-state index in [1.807, 2.05) is 6.20 Å². The minimum atomic E-state index is 0.578. The lowest BCUT2D eigenvalue weighted by Crippen LogP contribution is -2.46. The predicted molar refractivity (Wildman–Crippen MR) is 97.0 cm³/mol. The van der Waals surface area contributed by atoms with Crippen LogP contribution in [-0.4, -0.2) is 66.9 Å². The van der Waals surface area contributed by atoms with Gasteiger partial charge in [0, 0.05) is 32.2 Å². The van der Waals surface area contributed by atoms with E-state index < -0.39 is 0 Å². The molecule has 1 aromatic rings. The molecule has 3 heterocycles. The Morgan fingerprint density at radius 3 is 2.76 bits per heavy atom. The van der Waals surface area contributed by atoms with Crippen molar-refractivity contribution in [1.29, 1.82) is 0 Å². The van der Waals surface area contributed by atoms with Gasteiger partial charge in [0.25, 0.3) is 0 Å². The molecule has 0 N–H and O–H groups in total. The van der Waals surface area contributed by atoms with Gasteiger partial charge in [-0.25, -0.2) is 0 Å². The number of nitrogens with zero attached hydrogens (tertiary/aromatic N) is 4. The molecule has 3 fully saturated rings. The molecular formula is C19H30N4O2. The first-order chi connectivity index (χ1) is 12.3. The summed E-state index contributed by atoms with van der Waals surface area (Å²) < 4.78 is 11.4. The summed E-state index contributed by atoms with van der Waals surface area (Å²) in [6.07, 6.45) is 8.88. The van der Waals surface area contributed by atoms with Crippen LogP contribution in [0.15, 0.2) is 12.4 Å². The van der Waals surface area contributed by atoms with E-state index in [1.165, 1.54) is 25.7 Å². The number of hydrogen-bond acceptors (Lipinski definition) is 6. The van der Waals surface area contributed by atoms with Gasteiger partial charge in [0.2, 0.25) is 5.88 Å². The lowest BCUT2D eigenvalue weighted by atomic mass is 10.0. The van der Waals surface area contributed by atoms with Gasteiger partial charge in [-0.05, 0) is 24.7 Å². The van der Waals surface area contributed by atoms with Gasteiger partial charge in [-0.2, -0.15) is 4.98 Å². The summed E-state index contributed by atoms with van der Waals surface area (Å²) in [7, 11) is 0. The molecule has 6 nitrogen and oxygen atoms in total. The van der Waals surface area contributed by atoms with Crippen LogP contribution in [0.25, 0.3) is 0 Å². The van der Waals surface area contributed by atoms with Crippen LogP contribution < -0.4 is 9.64 Å². The van der Waals surface area contributed by atoms with Crippen molar-refractivity contribution in [3.05, 3.63) is 12.4 Å². The standard InChI is InChI=1S/C19H30N4O2/c1-15-12-23(13-17(15)22-6-8-24-9-7-22)18-10-20-11-19(21-18)25-14-16-4-2-3-5-16/h10-11,15-17H,2-9,12-14H2,1H3. The zero-order valence-corrected chi connectivity index (χ0v) is 15.3. The van der Waals surface area contributed by atoms with Crippen LogP contribution in [0.5, 0.6) is 5.88 Å². The Morgan fingerprint density at radius 1 is 1.16 bits per heavy atom. The summed E-state index contributed by atoms with van der Waals surface area (Å²) in [4.78, 5) is 14.0. The average Bonchev–Trinajstić information content (AvgIpc) is 3.31. The Bertz CT molecular complexity index is 558. The second-order valence-corrected chi connectivity index (χ2v) is 7.77. The molecule has 1 aliphatic carbocycles. The van der Waals surface area contributed by atoms with Gasteiger partial charge >= 0.3 is 0 Å². The van der Waals surface area contributed by atoms with Crippen LogP contribution >= 0.6 is 0 Å². The summed E-state index contributed by atoms with van der Waals surface area (Å²) in [6.45, 7) is 8.96. The van der Waals surface area contributed by atoms with Crippen molar-refractivity contribution in [1.82, 2.24) is 14.9 Å². The highest BCUT2D eigenvalue weighted by molar-refractivity contribution is 5.40. The molecule has 2 atom stereocenters. The van der Waals surface area contributed by atoms with Gasteiger partial charge in [-0.3, -0.25) is 9.88 Å². The van der Waals surface area contributed by atoms with E-state index in [4.69, 9.17) is 14.5 Å². The van der Waals surface area contributed by atoms with Gasteiger partial charge < -0.3 is 14.4 Å². The lowest BCUT2D eigenvalue weighted by molar-refractivity contribution is 0.0134. The first-order valence-corrected chi connectivity index (χ1v) is 9.81. The Balaban J connectivity index is 1.37. The second kappa shape index (κ2) is 7.87. The average molecular weight is 346 g/mol. The molecule has 0 bridgehead atoms. The van der Waals surface area contributed by atoms with E-state index in [2.05, 4.69) is 21.7 Å². The van der Waals surface area contributed by atoms with Crippen LogP contribution in [0.3, 0.4) is 0 Å². The van der Waals surface area contributed by atoms with Crippen molar-refractivity contribution in [2.75, 3.05) is 50.9 Å². The Hall–Kier alpha value is -1.40. The molecule has 0 spiro atoms. The van der Waals surface area contributed by atoms with Gasteiger partial charge in [0.05, 0.1) is 32.2 Å². The fraction of sp³-hybridized carbons (Fsp3) is 0.789. The van der Waals surface area contributed by atoms with E-state index in [1.54, 1.807) is 6.20 Å². The maximum absolute atomic E-state index is 5.93. The lowest BCUT2D eigenvalue weighted by Gasteiger charge is -2.34. The third-order valence-electron chi connectivity index (χ3n) is 5.95. The minimum Gasteiger partial charge on any atom is -0.476 e. The second-order valence-electron chi connectivity index (χ2n) is 7.77. The molecule has 2 saturated heterocycles. The molecule has 2 aliphatic heterocycles. The van der Waals surface area contributed by atoms with Crippen molar-refractivity contribution in [3.63, 3.8) is 0 Å². The largest absolute Gasteiger partial charge is 0.476 e. The van der Waals surface area contributed by atoms with Crippen LogP contribution in [0.2, 0.25) is 0 Å². The zero-order chi connectivity index (χ0) is 17.1. The predicted octanol–water partition coefficient (Wildman–Crippen LogP) is 2.20. The monoisotopic (exact) mass is 346 g/mol. The minimum absolute atomic E-state index is 0.578. The van der Waals surface area contributed by atoms with E-state index >= 15 is 0 Å². The maximum atomic E-state index is 5.93. The molecule has 1 saturated carbocycles. The smallest absolute Gasteiger partial charge is 0.234 e. The number of anilines is 1. The fourth-order valence-corrected chi connectivity index (χ4v) is 4.46. The number of rotatable bonds is 5. The number of morpholine rings is 1. The molecule has 25 heavy (non-hydrogen) atoms. The van der Waals surface area contributed by atoms with Crippen molar-refractivity contribution < 1.29 is 9.47 Å². The molecule has 0 aromatic carbocycles. The van der Waals surface area contributed by atoms with Gasteiger partial charge in [-0.1, -0.05) is 19.8 Å². The molecule has 3 aliphatic rings. The highest BCUT2D eigenvalue weighted by Gasteiger charge is 2.35. The SMILES string of the molecule is CC1CN(c2cncc(OCC3CCCC3)n2)CC1N1CCOCC1. The van der Waals surface area contributed by atoms with E-state index in [9.17, 15) is 0 Å². The molecule has 2 unspecified atom stereocenters. The molecule has 138 valence electrons. The third kappa shape index (κ3) is 4.06. The van der Waals surface area contributed by atoms with Gasteiger partial charge in [0.15, 0.2) is 5.82 Å². The summed E-state index contributed by atoms with van der Waals surface area (Å²) in [6, 6.07) is 0.578. The van der Waals surface area contributed by atoms with Gasteiger partial charge in [0.1, 0.15) is 0 Å². The van der Waals surface area contributed by atoms with Crippen molar-refractivity contribution >= 4 is 5.82 Å². The number of hydrogen-bond donors (Lipinski definition) is 0. The molecule has 4 rings (SSSR count). The van der Waals surface area contributed by atoms with Crippen LogP contribution in [0, 0.1) is 11.8 Å². The molecule has 1 aromatic heterocycles. The van der Waals surface area contributed by atoms with E-state index in [0.717, 1.165) is 51.8 Å². The first-order valence-electron chi connectivity index (χ1n) is 9.81. The highest BCUT2D eigenvalue weighted by Crippen LogP contribution is 2.28. The Kier molecular flexibility index (Phi) is 5.36. The quantitative estimate of drug-likeness (QED) is 0.815. The first kappa shape index (κ1) is 17.0. The Morgan fingerprint density at radius 2 is 1.96 bits per heavy atom. The van der Waals surface area contributed by atoms with Gasteiger partial charge in [-0.15, -0.1) is 0 Å². The zero-order valence-electron chi connectivity index (χ0n) is 15.3. The number of aromatic nitrogens is 2. The van der Waals surface area contributed by atoms with Crippen molar-refractivity contribution in [3.8, 4) is 5.88 Å². The van der Waals surface area contributed by atoms with E-state index in [-0.39, 0.29) is 0 Å². The van der Waals surface area contributed by atoms with Crippen molar-refractivity contribution in [2.24, 2.45) is 11.8 Å². The molecule has 6 heteroatoms. The maximum Gasteiger partial charge on any atom is 0.234 e. The van der Waals surface area contributed by atoms with Crippen LogP contribution in [0.1, 0.15) is 32.6 Å². The summed E-state index contributed by atoms with van der Waals surface area (Å²) in [5.74, 6) is 2.95. The summed E-state index contributed by atoms with van der Waals surface area (Å²) in [5.41, 5.74) is 0. The fourth-order valence-electron chi connectivity index (χ4n) is 4.46. The van der Waals surface area contributed by atoms with Crippen molar-refractivity contribution in [2.45, 2.75) is 38.6 Å². The molecule has 0 radical (unpaired) electrons. The van der Waals surface area contributed by atoms with Crippen LogP contribution in [-0.2, 0) is 4.74 Å². The third-order valence-corrected chi connectivity index (χ3v) is 5.95. The highest BCUT2D eigenvalue weighted by atomic mass is 16.5. The van der Waals surface area contributed by atoms with E-state index in [0.29, 0.717) is 23.8 Å².